The van der Waals surface area contributed by atoms with E-state index < -0.39 is 5.54 Å². The molecule has 1 aliphatic rings. The van der Waals surface area contributed by atoms with Gasteiger partial charge in [0.25, 0.3) is 0 Å². The fourth-order valence-corrected chi connectivity index (χ4v) is 2.81. The molecule has 1 unspecified atom stereocenters. The maximum Gasteiger partial charge on any atom is 0.327 e. The minimum Gasteiger partial charge on any atom is -0.465 e. The van der Waals surface area contributed by atoms with Crippen molar-refractivity contribution in [2.45, 2.75) is 39.2 Å². The molecule has 1 atom stereocenters. The molecule has 1 rings (SSSR count). The SMILES string of the molecule is CCNC(C)(CN(C)CCN1CCCC1)C(=O)OCC. The molecule has 118 valence electrons. The second-order valence-electron chi connectivity index (χ2n) is 5.87. The second kappa shape index (κ2) is 8.60. The number of likely N-dealkylation sites (N-methyl/N-ethyl adjacent to an activating group) is 2. The first kappa shape index (κ1) is 17.4. The maximum atomic E-state index is 12.1. The molecule has 5 nitrogen and oxygen atoms in total. The van der Waals surface area contributed by atoms with Crippen molar-refractivity contribution in [3.8, 4) is 0 Å². The minimum atomic E-state index is -0.621. The molecule has 0 amide bonds. The number of esters is 1. The molecule has 5 heteroatoms. The zero-order valence-corrected chi connectivity index (χ0v) is 13.6. The molecule has 1 aliphatic heterocycles. The summed E-state index contributed by atoms with van der Waals surface area (Å²) in [6.45, 7) is 12.2. The van der Waals surface area contributed by atoms with Gasteiger partial charge in [0.15, 0.2) is 0 Å². The van der Waals surface area contributed by atoms with Gasteiger partial charge in [-0.3, -0.25) is 4.79 Å². The van der Waals surface area contributed by atoms with Gasteiger partial charge in [-0.15, -0.1) is 0 Å². The van der Waals surface area contributed by atoms with E-state index in [0.717, 1.165) is 19.6 Å². The molecule has 0 aromatic heterocycles. The van der Waals surface area contributed by atoms with Crippen molar-refractivity contribution in [2.75, 3.05) is 52.9 Å². The van der Waals surface area contributed by atoms with Crippen LogP contribution in [0.3, 0.4) is 0 Å². The van der Waals surface area contributed by atoms with E-state index in [-0.39, 0.29) is 5.97 Å². The van der Waals surface area contributed by atoms with Crippen LogP contribution in [-0.2, 0) is 9.53 Å². The number of carbonyl (C=O) groups is 1. The van der Waals surface area contributed by atoms with E-state index in [1.165, 1.54) is 25.9 Å². The highest BCUT2D eigenvalue weighted by atomic mass is 16.5. The standard InChI is InChI=1S/C15H31N3O2/c1-5-16-15(3,14(19)20-6-2)13-17(4)11-12-18-9-7-8-10-18/h16H,5-13H2,1-4H3. The third-order valence-corrected chi connectivity index (χ3v) is 3.88. The third-order valence-electron chi connectivity index (χ3n) is 3.88. The lowest BCUT2D eigenvalue weighted by Crippen LogP contribution is -2.57. The van der Waals surface area contributed by atoms with Crippen LogP contribution in [0, 0.1) is 0 Å². The van der Waals surface area contributed by atoms with Crippen LogP contribution in [0.2, 0.25) is 0 Å². The van der Waals surface area contributed by atoms with Crippen molar-refractivity contribution >= 4 is 5.97 Å². The van der Waals surface area contributed by atoms with Crippen molar-refractivity contribution in [1.82, 2.24) is 15.1 Å². The van der Waals surface area contributed by atoms with Crippen molar-refractivity contribution in [3.05, 3.63) is 0 Å². The molecule has 1 fully saturated rings. The number of carbonyl (C=O) groups excluding carboxylic acids is 1. The van der Waals surface area contributed by atoms with Crippen molar-refractivity contribution in [1.29, 1.82) is 0 Å². The Balaban J connectivity index is 2.44. The third kappa shape index (κ3) is 5.38. The molecule has 1 heterocycles. The molecule has 0 aromatic carbocycles. The highest BCUT2D eigenvalue weighted by Gasteiger charge is 2.35. The number of nitrogens with zero attached hydrogens (tertiary/aromatic N) is 2. The number of ether oxygens (including phenoxy) is 1. The molecular formula is C15H31N3O2. The predicted molar refractivity (Wildman–Crippen MR) is 81.9 cm³/mol. The van der Waals surface area contributed by atoms with E-state index in [4.69, 9.17) is 4.74 Å². The van der Waals surface area contributed by atoms with Crippen LogP contribution in [0.15, 0.2) is 0 Å². The van der Waals surface area contributed by atoms with Gasteiger partial charge in [0.05, 0.1) is 6.61 Å². The summed E-state index contributed by atoms with van der Waals surface area (Å²) in [4.78, 5) is 16.8. The summed E-state index contributed by atoms with van der Waals surface area (Å²) in [5.41, 5.74) is -0.621. The number of rotatable bonds is 9. The van der Waals surface area contributed by atoms with Crippen LogP contribution in [-0.4, -0.2) is 74.2 Å². The Bertz CT molecular complexity index is 293. The Kier molecular flexibility index (Phi) is 7.48. The molecule has 0 aliphatic carbocycles. The average Bonchev–Trinajstić information content (AvgIpc) is 2.90. The molecule has 0 bridgehead atoms. The Morgan fingerprint density at radius 2 is 2.00 bits per heavy atom. The van der Waals surface area contributed by atoms with Crippen molar-refractivity contribution in [2.24, 2.45) is 0 Å². The van der Waals surface area contributed by atoms with Crippen LogP contribution in [0.5, 0.6) is 0 Å². The monoisotopic (exact) mass is 285 g/mol. The van der Waals surface area contributed by atoms with Gasteiger partial charge >= 0.3 is 5.97 Å². The van der Waals surface area contributed by atoms with Crippen LogP contribution in [0.25, 0.3) is 0 Å². The number of hydrogen-bond donors (Lipinski definition) is 1. The second-order valence-corrected chi connectivity index (χ2v) is 5.87. The fraction of sp³-hybridized carbons (Fsp3) is 0.933. The van der Waals surface area contributed by atoms with Gasteiger partial charge < -0.3 is 19.9 Å². The molecular weight excluding hydrogens is 254 g/mol. The van der Waals surface area contributed by atoms with E-state index >= 15 is 0 Å². The molecule has 1 N–H and O–H groups in total. The lowest BCUT2D eigenvalue weighted by molar-refractivity contribution is -0.151. The number of nitrogens with one attached hydrogen (secondary N) is 1. The first-order valence-corrected chi connectivity index (χ1v) is 7.85. The van der Waals surface area contributed by atoms with Crippen LogP contribution in [0.4, 0.5) is 0 Å². The zero-order valence-electron chi connectivity index (χ0n) is 13.6. The zero-order chi connectivity index (χ0) is 15.0. The molecule has 0 radical (unpaired) electrons. The Labute approximate surface area is 123 Å². The molecule has 0 spiro atoms. The lowest BCUT2D eigenvalue weighted by atomic mass is 10.0. The van der Waals surface area contributed by atoms with E-state index in [2.05, 4.69) is 22.2 Å². The van der Waals surface area contributed by atoms with Gasteiger partial charge in [-0.05, 0) is 53.4 Å². The summed E-state index contributed by atoms with van der Waals surface area (Å²) in [5, 5.41) is 3.27. The molecule has 20 heavy (non-hydrogen) atoms. The van der Waals surface area contributed by atoms with Crippen molar-refractivity contribution < 1.29 is 9.53 Å². The highest BCUT2D eigenvalue weighted by Crippen LogP contribution is 2.10. The first-order valence-electron chi connectivity index (χ1n) is 7.85. The maximum absolute atomic E-state index is 12.1. The van der Waals surface area contributed by atoms with Crippen LogP contribution in [0.1, 0.15) is 33.6 Å². The summed E-state index contributed by atoms with van der Waals surface area (Å²) in [5.74, 6) is -0.158. The summed E-state index contributed by atoms with van der Waals surface area (Å²) in [6.07, 6.45) is 2.64. The fourth-order valence-electron chi connectivity index (χ4n) is 2.81. The minimum absolute atomic E-state index is 0.158. The average molecular weight is 285 g/mol. The smallest absolute Gasteiger partial charge is 0.327 e. The first-order chi connectivity index (χ1) is 9.51. The Morgan fingerprint density at radius 3 is 2.55 bits per heavy atom. The van der Waals surface area contributed by atoms with Crippen LogP contribution >= 0.6 is 0 Å². The van der Waals surface area contributed by atoms with Crippen LogP contribution < -0.4 is 5.32 Å². The largest absolute Gasteiger partial charge is 0.465 e. The normalized spacial score (nSPS) is 19.2. The van der Waals surface area contributed by atoms with Gasteiger partial charge in [0.2, 0.25) is 0 Å². The number of hydrogen-bond acceptors (Lipinski definition) is 5. The quantitative estimate of drug-likeness (QED) is 0.639. The van der Waals surface area contributed by atoms with Gasteiger partial charge in [-0.1, -0.05) is 6.92 Å². The summed E-state index contributed by atoms with van der Waals surface area (Å²) >= 11 is 0. The number of likely N-dealkylation sites (tertiary alicyclic amines) is 1. The van der Waals surface area contributed by atoms with E-state index in [1.807, 2.05) is 20.8 Å². The van der Waals surface area contributed by atoms with Gasteiger partial charge in [0, 0.05) is 19.6 Å². The van der Waals surface area contributed by atoms with E-state index in [9.17, 15) is 4.79 Å². The van der Waals surface area contributed by atoms with Gasteiger partial charge in [-0.2, -0.15) is 0 Å². The Morgan fingerprint density at radius 1 is 1.35 bits per heavy atom. The van der Waals surface area contributed by atoms with Gasteiger partial charge in [0.1, 0.15) is 5.54 Å². The van der Waals surface area contributed by atoms with Gasteiger partial charge in [-0.25, -0.2) is 0 Å². The predicted octanol–water partition coefficient (Wildman–Crippen LogP) is 0.945. The van der Waals surface area contributed by atoms with Crippen molar-refractivity contribution in [3.63, 3.8) is 0 Å². The van der Waals surface area contributed by atoms with E-state index in [1.54, 1.807) is 0 Å². The lowest BCUT2D eigenvalue weighted by Gasteiger charge is -2.33. The summed E-state index contributed by atoms with van der Waals surface area (Å²) in [6, 6.07) is 0. The summed E-state index contributed by atoms with van der Waals surface area (Å²) in [7, 11) is 2.07. The summed E-state index contributed by atoms with van der Waals surface area (Å²) < 4.78 is 5.20. The molecule has 1 saturated heterocycles. The molecule has 0 saturated carbocycles. The highest BCUT2D eigenvalue weighted by molar-refractivity contribution is 5.80. The Hall–Kier alpha value is -0.650. The molecule has 0 aromatic rings. The van der Waals surface area contributed by atoms with E-state index in [0.29, 0.717) is 13.2 Å². The topological polar surface area (TPSA) is 44.8 Å².